The summed E-state index contributed by atoms with van der Waals surface area (Å²) in [6, 6.07) is 27.0. The van der Waals surface area contributed by atoms with Crippen LogP contribution >= 0.6 is 11.6 Å². The molecule has 1 amide bonds. The second-order valence-corrected chi connectivity index (χ2v) is 8.49. The number of nitrogens with zero attached hydrogens (tertiary/aromatic N) is 1. The third-order valence-electron chi connectivity index (χ3n) is 5.53. The number of hydrogen-bond donors (Lipinski definition) is 1. The maximum absolute atomic E-state index is 12.8. The van der Waals surface area contributed by atoms with Gasteiger partial charge in [-0.1, -0.05) is 71.8 Å². The lowest BCUT2D eigenvalue weighted by Crippen LogP contribution is -2.14. The van der Waals surface area contributed by atoms with E-state index in [9.17, 15) is 10.1 Å². The molecule has 4 aromatic carbocycles. The summed E-state index contributed by atoms with van der Waals surface area (Å²) in [5.74, 6) is 0.0406. The molecule has 0 fully saturated rings. The molecule has 0 radical (unpaired) electrons. The average molecular weight is 467 g/mol. The lowest BCUT2D eigenvalue weighted by Gasteiger charge is -2.12. The van der Waals surface area contributed by atoms with Crippen LogP contribution in [-0.4, -0.2) is 5.91 Å². The van der Waals surface area contributed by atoms with Crippen LogP contribution in [0.1, 0.15) is 22.3 Å². The molecule has 5 heteroatoms. The Balaban J connectivity index is 1.60. The predicted octanol–water partition coefficient (Wildman–Crippen LogP) is 7.23. The Bertz CT molecular complexity index is 1450. The van der Waals surface area contributed by atoms with Gasteiger partial charge in [0.05, 0.1) is 0 Å². The Labute approximate surface area is 204 Å². The highest BCUT2D eigenvalue weighted by atomic mass is 35.5. The molecule has 0 saturated carbocycles. The highest BCUT2D eigenvalue weighted by molar-refractivity contribution is 6.30. The van der Waals surface area contributed by atoms with Gasteiger partial charge >= 0.3 is 0 Å². The van der Waals surface area contributed by atoms with E-state index in [2.05, 4.69) is 23.5 Å². The molecule has 4 rings (SSSR count). The highest BCUT2D eigenvalue weighted by Gasteiger charge is 2.13. The summed E-state index contributed by atoms with van der Waals surface area (Å²) < 4.78 is 6.12. The van der Waals surface area contributed by atoms with Gasteiger partial charge in [-0.05, 0) is 66.1 Å². The third-order valence-corrected chi connectivity index (χ3v) is 5.77. The maximum Gasteiger partial charge on any atom is 0.266 e. The van der Waals surface area contributed by atoms with Crippen LogP contribution in [0.5, 0.6) is 5.75 Å². The molecule has 0 aliphatic heterocycles. The van der Waals surface area contributed by atoms with Gasteiger partial charge < -0.3 is 10.1 Å². The van der Waals surface area contributed by atoms with E-state index in [1.165, 1.54) is 6.08 Å². The summed E-state index contributed by atoms with van der Waals surface area (Å²) in [5, 5.41) is 15.2. The normalized spacial score (nSPS) is 11.2. The molecule has 0 aliphatic rings. The number of anilines is 1. The Morgan fingerprint density at radius 3 is 2.62 bits per heavy atom. The number of ether oxygens (including phenoxy) is 1. The zero-order valence-corrected chi connectivity index (χ0v) is 19.7. The van der Waals surface area contributed by atoms with Crippen molar-refractivity contribution in [1.29, 1.82) is 5.26 Å². The molecule has 4 nitrogen and oxygen atoms in total. The van der Waals surface area contributed by atoms with Crippen molar-refractivity contribution < 1.29 is 9.53 Å². The lowest BCUT2D eigenvalue weighted by atomic mass is 10.1. The monoisotopic (exact) mass is 466 g/mol. The first-order valence-corrected chi connectivity index (χ1v) is 11.2. The molecule has 0 saturated heterocycles. The van der Waals surface area contributed by atoms with Crippen molar-refractivity contribution in [2.45, 2.75) is 20.5 Å². The van der Waals surface area contributed by atoms with E-state index < -0.39 is 5.91 Å². The summed E-state index contributed by atoms with van der Waals surface area (Å²) in [7, 11) is 0. The van der Waals surface area contributed by atoms with Crippen LogP contribution < -0.4 is 10.1 Å². The first-order chi connectivity index (χ1) is 16.4. The Kier molecular flexibility index (Phi) is 6.96. The molecule has 0 unspecified atom stereocenters. The van der Waals surface area contributed by atoms with Crippen LogP contribution in [0.2, 0.25) is 5.02 Å². The van der Waals surface area contributed by atoms with Crippen molar-refractivity contribution in [3.8, 4) is 11.8 Å². The molecule has 1 N–H and O–H groups in total. The minimum absolute atomic E-state index is 0.0442. The van der Waals surface area contributed by atoms with Gasteiger partial charge in [-0.15, -0.1) is 0 Å². The summed E-state index contributed by atoms with van der Waals surface area (Å²) in [4.78, 5) is 12.8. The SMILES string of the molecule is Cc1ccc(NC(=O)/C(C#N)=C/c2cc(Cl)ccc2OCc2cccc3ccccc23)c(C)c1. The van der Waals surface area contributed by atoms with Crippen molar-refractivity contribution in [3.05, 3.63) is 112 Å². The molecular formula is C29H23ClN2O2. The van der Waals surface area contributed by atoms with E-state index in [1.807, 2.05) is 62.4 Å². The molecule has 0 heterocycles. The summed E-state index contributed by atoms with van der Waals surface area (Å²) in [6.45, 7) is 4.23. The van der Waals surface area contributed by atoms with Crippen molar-refractivity contribution in [1.82, 2.24) is 0 Å². The van der Waals surface area contributed by atoms with E-state index in [1.54, 1.807) is 18.2 Å². The second-order valence-electron chi connectivity index (χ2n) is 8.05. The van der Waals surface area contributed by atoms with E-state index in [0.717, 1.165) is 27.5 Å². The van der Waals surface area contributed by atoms with Crippen molar-refractivity contribution in [3.63, 3.8) is 0 Å². The van der Waals surface area contributed by atoms with Crippen LogP contribution in [0, 0.1) is 25.2 Å². The number of aryl methyl sites for hydroxylation is 2. The van der Waals surface area contributed by atoms with Gasteiger partial charge in [0, 0.05) is 16.3 Å². The van der Waals surface area contributed by atoms with Crippen LogP contribution in [-0.2, 0) is 11.4 Å². The standard InChI is InChI=1S/C29H23ClN2O2/c1-19-10-12-27(20(2)14-19)32-29(33)24(17-31)15-23-16-25(30)11-13-28(23)34-18-22-8-5-7-21-6-3-4-9-26(21)22/h3-16H,18H2,1-2H3,(H,32,33)/b24-15+. The number of amides is 1. The highest BCUT2D eigenvalue weighted by Crippen LogP contribution is 2.28. The van der Waals surface area contributed by atoms with Crippen molar-refractivity contribution in [2.75, 3.05) is 5.32 Å². The van der Waals surface area contributed by atoms with Crippen molar-refractivity contribution in [2.24, 2.45) is 0 Å². The first kappa shape index (κ1) is 23.1. The molecule has 0 aliphatic carbocycles. The minimum Gasteiger partial charge on any atom is -0.488 e. The van der Waals surface area contributed by atoms with Crippen LogP contribution in [0.4, 0.5) is 5.69 Å². The summed E-state index contributed by atoms with van der Waals surface area (Å²) >= 11 is 6.22. The number of nitriles is 1. The molecular weight excluding hydrogens is 444 g/mol. The summed E-state index contributed by atoms with van der Waals surface area (Å²) in [6.07, 6.45) is 1.50. The lowest BCUT2D eigenvalue weighted by molar-refractivity contribution is -0.112. The van der Waals surface area contributed by atoms with E-state index in [4.69, 9.17) is 16.3 Å². The molecule has 4 aromatic rings. The largest absolute Gasteiger partial charge is 0.488 e. The minimum atomic E-state index is -0.491. The number of benzene rings is 4. The smallest absolute Gasteiger partial charge is 0.266 e. The van der Waals surface area contributed by atoms with E-state index in [0.29, 0.717) is 28.6 Å². The number of carbonyl (C=O) groups is 1. The fourth-order valence-corrected chi connectivity index (χ4v) is 3.97. The fourth-order valence-electron chi connectivity index (χ4n) is 3.79. The van der Waals surface area contributed by atoms with Crippen LogP contribution in [0.15, 0.2) is 84.4 Å². The maximum atomic E-state index is 12.8. The Morgan fingerprint density at radius 2 is 1.82 bits per heavy atom. The number of nitrogens with one attached hydrogen (secondary N) is 1. The first-order valence-electron chi connectivity index (χ1n) is 10.8. The van der Waals surface area contributed by atoms with Gasteiger partial charge in [0.2, 0.25) is 0 Å². The van der Waals surface area contributed by atoms with Gasteiger partial charge in [0.15, 0.2) is 0 Å². The molecule has 0 spiro atoms. The molecule has 0 aromatic heterocycles. The summed E-state index contributed by atoms with van der Waals surface area (Å²) in [5.41, 5.74) is 4.23. The van der Waals surface area contributed by atoms with Gasteiger partial charge in [0.1, 0.15) is 24.0 Å². The molecule has 0 atom stereocenters. The third kappa shape index (κ3) is 5.28. The number of halogens is 1. The average Bonchev–Trinajstić information content (AvgIpc) is 2.83. The predicted molar refractivity (Wildman–Crippen MR) is 138 cm³/mol. The zero-order chi connectivity index (χ0) is 24.1. The van der Waals surface area contributed by atoms with Crippen LogP contribution in [0.3, 0.4) is 0 Å². The van der Waals surface area contributed by atoms with Gasteiger partial charge in [-0.2, -0.15) is 5.26 Å². The number of carbonyl (C=O) groups excluding carboxylic acids is 1. The van der Waals surface area contributed by atoms with Gasteiger partial charge in [-0.3, -0.25) is 4.79 Å². The Morgan fingerprint density at radius 1 is 1.03 bits per heavy atom. The Hall–Kier alpha value is -4.07. The van der Waals surface area contributed by atoms with E-state index >= 15 is 0 Å². The topological polar surface area (TPSA) is 62.1 Å². The quantitative estimate of drug-likeness (QED) is 0.241. The van der Waals surface area contributed by atoms with Gasteiger partial charge in [-0.25, -0.2) is 0 Å². The number of fused-ring (bicyclic) bond motifs is 1. The van der Waals surface area contributed by atoms with Crippen molar-refractivity contribution >= 4 is 40.0 Å². The van der Waals surface area contributed by atoms with E-state index in [-0.39, 0.29) is 5.57 Å². The second kappa shape index (κ2) is 10.2. The van der Waals surface area contributed by atoms with Gasteiger partial charge in [0.25, 0.3) is 5.91 Å². The zero-order valence-electron chi connectivity index (χ0n) is 18.9. The number of hydrogen-bond acceptors (Lipinski definition) is 3. The fraction of sp³-hybridized carbons (Fsp3) is 0.103. The molecule has 0 bridgehead atoms. The number of rotatable bonds is 6. The molecule has 34 heavy (non-hydrogen) atoms. The van der Waals surface area contributed by atoms with Crippen LogP contribution in [0.25, 0.3) is 16.8 Å². The molecule has 168 valence electrons.